The lowest BCUT2D eigenvalue weighted by molar-refractivity contribution is -0.148. The zero-order chi connectivity index (χ0) is 26.9. The maximum Gasteiger partial charge on any atom is 0.334 e. The lowest BCUT2D eigenvalue weighted by Crippen LogP contribution is -2.52. The number of amides is 2. The van der Waals surface area contributed by atoms with Gasteiger partial charge >= 0.3 is 18.0 Å². The third-order valence-electron chi connectivity index (χ3n) is 5.91. The summed E-state index contributed by atoms with van der Waals surface area (Å²) in [6.07, 6.45) is -1.54. The van der Waals surface area contributed by atoms with Crippen molar-refractivity contribution in [3.05, 3.63) is 72.3 Å². The van der Waals surface area contributed by atoms with Gasteiger partial charge in [-0.2, -0.15) is 0 Å². The average Bonchev–Trinajstić information content (AvgIpc) is 2.87. The number of benzene rings is 3. The van der Waals surface area contributed by atoms with Gasteiger partial charge in [-0.25, -0.2) is 14.4 Å². The van der Waals surface area contributed by atoms with E-state index < -0.39 is 36.7 Å². The van der Waals surface area contributed by atoms with Gasteiger partial charge in [-0.15, -0.1) is 0 Å². The van der Waals surface area contributed by atoms with Gasteiger partial charge in [0, 0.05) is 13.0 Å². The first-order valence-corrected chi connectivity index (χ1v) is 12.4. The molecular weight excluding hydrogens is 472 g/mol. The first kappa shape index (κ1) is 27.7. The number of carboxylic acid groups (broad SMARTS) is 1. The zero-order valence-electron chi connectivity index (χ0n) is 21.4. The SMILES string of the molecule is CCOC(=O)C(Cc1ccc(-c2cccc3ccccc23)cc1)NC(=O)N(CC(C)C)CC(O)C(=O)O. The number of hydrogen-bond donors (Lipinski definition) is 3. The first-order valence-electron chi connectivity index (χ1n) is 12.4. The van der Waals surface area contributed by atoms with Crippen LogP contribution in [-0.4, -0.2) is 64.9 Å². The van der Waals surface area contributed by atoms with Crippen LogP contribution in [0.25, 0.3) is 21.9 Å². The van der Waals surface area contributed by atoms with Gasteiger partial charge in [0.05, 0.1) is 13.2 Å². The Bertz CT molecular complexity index is 1220. The van der Waals surface area contributed by atoms with Gasteiger partial charge in [0.2, 0.25) is 0 Å². The molecule has 0 aliphatic heterocycles. The summed E-state index contributed by atoms with van der Waals surface area (Å²) in [5, 5.41) is 23.8. The number of aliphatic carboxylic acids is 1. The molecule has 8 nitrogen and oxygen atoms in total. The Kier molecular flexibility index (Phi) is 9.63. The van der Waals surface area contributed by atoms with Crippen molar-refractivity contribution in [3.8, 4) is 11.1 Å². The summed E-state index contributed by atoms with van der Waals surface area (Å²) in [7, 11) is 0. The topological polar surface area (TPSA) is 116 Å². The highest BCUT2D eigenvalue weighted by atomic mass is 16.5. The Morgan fingerprint density at radius 3 is 2.27 bits per heavy atom. The van der Waals surface area contributed by atoms with Crippen molar-refractivity contribution in [1.82, 2.24) is 10.2 Å². The molecule has 2 atom stereocenters. The number of hydrogen-bond acceptors (Lipinski definition) is 5. The van der Waals surface area contributed by atoms with E-state index in [4.69, 9.17) is 9.84 Å². The van der Waals surface area contributed by atoms with E-state index in [1.54, 1.807) is 6.92 Å². The molecular formula is C29H34N2O6. The van der Waals surface area contributed by atoms with Crippen LogP contribution < -0.4 is 5.32 Å². The van der Waals surface area contributed by atoms with Crippen molar-refractivity contribution in [3.63, 3.8) is 0 Å². The fraction of sp³-hybridized carbons (Fsp3) is 0.345. The fourth-order valence-electron chi connectivity index (χ4n) is 4.18. The zero-order valence-corrected chi connectivity index (χ0v) is 21.4. The van der Waals surface area contributed by atoms with Crippen LogP contribution in [0.3, 0.4) is 0 Å². The molecule has 3 N–H and O–H groups in total. The molecule has 0 saturated carbocycles. The van der Waals surface area contributed by atoms with Gasteiger partial charge in [-0.3, -0.25) is 0 Å². The van der Waals surface area contributed by atoms with Crippen molar-refractivity contribution < 1.29 is 29.3 Å². The molecule has 0 aromatic heterocycles. The quantitative estimate of drug-likeness (QED) is 0.337. The predicted molar refractivity (Wildman–Crippen MR) is 142 cm³/mol. The standard InChI is InChI=1S/C29H34N2O6/c1-4-37-28(35)25(30-29(36)31(17-19(2)3)18-26(32)27(33)34)16-20-12-14-22(15-13-20)24-11-7-9-21-8-5-6-10-23(21)24/h5-15,19,25-26,32H,4,16-18H2,1-3H3,(H,30,36)(H,33,34). The van der Waals surface area contributed by atoms with Gasteiger partial charge in [-0.1, -0.05) is 80.6 Å². The van der Waals surface area contributed by atoms with E-state index in [0.29, 0.717) is 0 Å². The van der Waals surface area contributed by atoms with Crippen molar-refractivity contribution in [2.75, 3.05) is 19.7 Å². The lowest BCUT2D eigenvalue weighted by atomic mass is 9.96. The second kappa shape index (κ2) is 12.9. The highest BCUT2D eigenvalue weighted by molar-refractivity contribution is 5.96. The van der Waals surface area contributed by atoms with Crippen molar-refractivity contribution in [2.45, 2.75) is 39.3 Å². The van der Waals surface area contributed by atoms with E-state index >= 15 is 0 Å². The Hall–Kier alpha value is -3.91. The van der Waals surface area contributed by atoms with Crippen LogP contribution in [0.5, 0.6) is 0 Å². The summed E-state index contributed by atoms with van der Waals surface area (Å²) in [4.78, 5) is 38.0. The Morgan fingerprint density at radius 1 is 0.946 bits per heavy atom. The number of nitrogens with one attached hydrogen (secondary N) is 1. The second-order valence-electron chi connectivity index (χ2n) is 9.33. The predicted octanol–water partition coefficient (Wildman–Crippen LogP) is 4.09. The second-order valence-corrected chi connectivity index (χ2v) is 9.33. The van der Waals surface area contributed by atoms with Gasteiger partial charge in [0.15, 0.2) is 6.10 Å². The molecule has 0 spiro atoms. The molecule has 0 aliphatic carbocycles. The van der Waals surface area contributed by atoms with Gasteiger partial charge < -0.3 is 25.2 Å². The summed E-state index contributed by atoms with van der Waals surface area (Å²) >= 11 is 0. The molecule has 196 valence electrons. The molecule has 0 aliphatic rings. The highest BCUT2D eigenvalue weighted by Gasteiger charge is 2.28. The average molecular weight is 507 g/mol. The largest absolute Gasteiger partial charge is 0.479 e. The van der Waals surface area contributed by atoms with Crippen LogP contribution >= 0.6 is 0 Å². The van der Waals surface area contributed by atoms with E-state index in [1.165, 1.54) is 4.90 Å². The van der Waals surface area contributed by atoms with E-state index in [2.05, 4.69) is 29.6 Å². The van der Waals surface area contributed by atoms with Gasteiger partial charge in [0.1, 0.15) is 6.04 Å². The van der Waals surface area contributed by atoms with Crippen LogP contribution in [0.4, 0.5) is 4.79 Å². The number of carboxylic acids is 1. The minimum atomic E-state index is -1.73. The summed E-state index contributed by atoms with van der Waals surface area (Å²) in [5.74, 6) is -1.98. The molecule has 3 aromatic carbocycles. The number of nitrogens with zero attached hydrogens (tertiary/aromatic N) is 1. The molecule has 2 amide bonds. The number of aliphatic hydroxyl groups excluding tert-OH is 1. The molecule has 0 bridgehead atoms. The number of urea groups is 1. The fourth-order valence-corrected chi connectivity index (χ4v) is 4.18. The summed E-state index contributed by atoms with van der Waals surface area (Å²) in [6.45, 7) is 5.39. The third kappa shape index (κ3) is 7.54. The monoisotopic (exact) mass is 506 g/mol. The minimum absolute atomic E-state index is 0.0226. The molecule has 8 heteroatoms. The van der Waals surface area contributed by atoms with Crippen LogP contribution in [0.2, 0.25) is 0 Å². The van der Waals surface area contributed by atoms with Crippen LogP contribution in [0.15, 0.2) is 66.7 Å². The van der Waals surface area contributed by atoms with Crippen LogP contribution in [-0.2, 0) is 20.7 Å². The molecule has 0 fully saturated rings. The maximum absolute atomic E-state index is 13.0. The number of fused-ring (bicyclic) bond motifs is 1. The maximum atomic E-state index is 13.0. The summed E-state index contributed by atoms with van der Waals surface area (Å²) in [6, 6.07) is 20.5. The van der Waals surface area contributed by atoms with Crippen LogP contribution in [0, 0.1) is 5.92 Å². The number of carbonyl (C=O) groups excluding carboxylic acids is 2. The van der Waals surface area contributed by atoms with E-state index in [9.17, 15) is 19.5 Å². The van der Waals surface area contributed by atoms with Crippen molar-refractivity contribution in [1.29, 1.82) is 0 Å². The molecule has 2 unspecified atom stereocenters. The van der Waals surface area contributed by atoms with Crippen molar-refractivity contribution in [2.24, 2.45) is 5.92 Å². The number of rotatable bonds is 11. The number of aliphatic hydroxyl groups is 1. The van der Waals surface area contributed by atoms with Crippen molar-refractivity contribution >= 4 is 28.7 Å². The Balaban J connectivity index is 1.79. The Labute approximate surface area is 216 Å². The minimum Gasteiger partial charge on any atom is -0.479 e. The molecule has 0 heterocycles. The molecule has 0 saturated heterocycles. The number of carbonyl (C=O) groups is 3. The molecule has 0 radical (unpaired) electrons. The normalized spacial score (nSPS) is 12.7. The molecule has 3 aromatic rings. The molecule has 37 heavy (non-hydrogen) atoms. The summed E-state index contributed by atoms with van der Waals surface area (Å²) < 4.78 is 5.18. The van der Waals surface area contributed by atoms with Gasteiger partial charge in [-0.05, 0) is 40.3 Å². The lowest BCUT2D eigenvalue weighted by Gasteiger charge is -2.28. The summed E-state index contributed by atoms with van der Waals surface area (Å²) in [5.41, 5.74) is 2.95. The van der Waals surface area contributed by atoms with E-state index in [0.717, 1.165) is 27.5 Å². The Morgan fingerprint density at radius 2 is 1.62 bits per heavy atom. The number of esters is 1. The van der Waals surface area contributed by atoms with Gasteiger partial charge in [0.25, 0.3) is 0 Å². The van der Waals surface area contributed by atoms with E-state index in [1.807, 2.05) is 56.3 Å². The highest BCUT2D eigenvalue weighted by Crippen LogP contribution is 2.28. The molecule has 3 rings (SSSR count). The third-order valence-corrected chi connectivity index (χ3v) is 5.91. The van der Waals surface area contributed by atoms with E-state index in [-0.39, 0.29) is 25.5 Å². The smallest absolute Gasteiger partial charge is 0.334 e. The van der Waals surface area contributed by atoms with Crippen LogP contribution in [0.1, 0.15) is 26.3 Å². The number of ether oxygens (including phenoxy) is 1. The first-order chi connectivity index (χ1) is 17.7.